The Balaban J connectivity index is 1.85. The van der Waals surface area contributed by atoms with Gasteiger partial charge in [0.15, 0.2) is 0 Å². The predicted molar refractivity (Wildman–Crippen MR) is 119 cm³/mol. The highest BCUT2D eigenvalue weighted by atomic mass is 35.5. The minimum Gasteiger partial charge on any atom is -0.497 e. The fourth-order valence-corrected chi connectivity index (χ4v) is 4.07. The zero-order valence-corrected chi connectivity index (χ0v) is 18.3. The van der Waals surface area contributed by atoms with Crippen molar-refractivity contribution in [3.63, 3.8) is 0 Å². The largest absolute Gasteiger partial charge is 0.497 e. The first-order chi connectivity index (χ1) is 14.2. The molecule has 156 valence electrons. The predicted octanol–water partition coefficient (Wildman–Crippen LogP) is 5.02. The molecule has 0 saturated heterocycles. The smallest absolute Gasteiger partial charge is 0.261 e. The first kappa shape index (κ1) is 21.7. The molecule has 0 spiro atoms. The van der Waals surface area contributed by atoms with Crippen LogP contribution in [0.2, 0.25) is 5.02 Å². The maximum absolute atomic E-state index is 12.7. The van der Waals surface area contributed by atoms with Gasteiger partial charge in [0.1, 0.15) is 5.75 Å². The topological polar surface area (TPSA) is 84.5 Å². The molecule has 0 aliphatic carbocycles. The van der Waals surface area contributed by atoms with E-state index in [2.05, 4.69) is 10.0 Å². The number of benzene rings is 3. The van der Waals surface area contributed by atoms with Gasteiger partial charge in [0.25, 0.3) is 15.9 Å². The number of aryl methyl sites for hydroxylation is 1. The number of halogens is 1. The van der Waals surface area contributed by atoms with E-state index in [4.69, 9.17) is 16.3 Å². The van der Waals surface area contributed by atoms with Gasteiger partial charge in [-0.3, -0.25) is 9.52 Å². The van der Waals surface area contributed by atoms with Gasteiger partial charge in [0.05, 0.1) is 17.7 Å². The van der Waals surface area contributed by atoms with Crippen molar-refractivity contribution in [2.75, 3.05) is 17.1 Å². The Morgan fingerprint density at radius 1 is 0.967 bits per heavy atom. The summed E-state index contributed by atoms with van der Waals surface area (Å²) in [7, 11) is -2.32. The lowest BCUT2D eigenvalue weighted by Crippen LogP contribution is -2.16. The summed E-state index contributed by atoms with van der Waals surface area (Å²) in [5.41, 5.74) is 2.66. The molecule has 8 heteroatoms. The van der Waals surface area contributed by atoms with Crippen LogP contribution < -0.4 is 14.8 Å². The van der Waals surface area contributed by atoms with Crippen LogP contribution in [0.25, 0.3) is 0 Å². The number of methoxy groups -OCH3 is 1. The van der Waals surface area contributed by atoms with E-state index in [-0.39, 0.29) is 10.8 Å². The van der Waals surface area contributed by atoms with Crippen molar-refractivity contribution in [2.45, 2.75) is 18.7 Å². The molecule has 0 saturated carbocycles. The number of anilines is 2. The van der Waals surface area contributed by atoms with E-state index in [9.17, 15) is 13.2 Å². The van der Waals surface area contributed by atoms with E-state index >= 15 is 0 Å². The van der Waals surface area contributed by atoms with Crippen molar-refractivity contribution in [1.29, 1.82) is 0 Å². The van der Waals surface area contributed by atoms with Crippen LogP contribution >= 0.6 is 11.6 Å². The summed E-state index contributed by atoms with van der Waals surface area (Å²) in [6.07, 6.45) is 0. The van der Waals surface area contributed by atoms with Crippen molar-refractivity contribution in [3.8, 4) is 5.75 Å². The molecule has 3 rings (SSSR count). The minimum atomic E-state index is -3.83. The number of hydrogen-bond acceptors (Lipinski definition) is 4. The third-order valence-electron chi connectivity index (χ3n) is 4.63. The lowest BCUT2D eigenvalue weighted by Gasteiger charge is -2.14. The number of sulfonamides is 1. The van der Waals surface area contributed by atoms with Gasteiger partial charge < -0.3 is 10.1 Å². The van der Waals surface area contributed by atoms with E-state index in [1.54, 1.807) is 49.4 Å². The third kappa shape index (κ3) is 4.75. The summed E-state index contributed by atoms with van der Waals surface area (Å²) in [6, 6.07) is 16.1. The number of carbonyl (C=O) groups excluding carboxylic acids is 1. The van der Waals surface area contributed by atoms with Crippen LogP contribution in [0, 0.1) is 13.8 Å². The van der Waals surface area contributed by atoms with E-state index < -0.39 is 10.0 Å². The number of nitrogens with one attached hydrogen (secondary N) is 2. The van der Waals surface area contributed by atoms with Gasteiger partial charge in [-0.1, -0.05) is 23.7 Å². The van der Waals surface area contributed by atoms with Crippen LogP contribution in [0.3, 0.4) is 0 Å². The zero-order chi connectivity index (χ0) is 21.9. The lowest BCUT2D eigenvalue weighted by atomic mass is 10.1. The summed E-state index contributed by atoms with van der Waals surface area (Å²) < 4.78 is 33.1. The highest BCUT2D eigenvalue weighted by Crippen LogP contribution is 2.25. The van der Waals surface area contributed by atoms with E-state index in [0.29, 0.717) is 33.3 Å². The highest BCUT2D eigenvalue weighted by molar-refractivity contribution is 7.92. The van der Waals surface area contributed by atoms with Gasteiger partial charge in [-0.25, -0.2) is 8.42 Å². The monoisotopic (exact) mass is 444 g/mol. The molecule has 0 heterocycles. The van der Waals surface area contributed by atoms with Crippen LogP contribution in [0.4, 0.5) is 11.4 Å². The summed E-state index contributed by atoms with van der Waals surface area (Å²) >= 11 is 6.10. The molecule has 0 fully saturated rings. The van der Waals surface area contributed by atoms with Gasteiger partial charge in [-0.05, 0) is 73.5 Å². The first-order valence-corrected chi connectivity index (χ1v) is 10.9. The van der Waals surface area contributed by atoms with Crippen LogP contribution in [0.1, 0.15) is 21.5 Å². The first-order valence-electron chi connectivity index (χ1n) is 9.05. The fourth-order valence-electron chi connectivity index (χ4n) is 2.77. The Morgan fingerprint density at radius 2 is 1.67 bits per heavy atom. The quantitative estimate of drug-likeness (QED) is 0.559. The second kappa shape index (κ2) is 8.77. The Morgan fingerprint density at radius 3 is 2.33 bits per heavy atom. The normalized spacial score (nSPS) is 11.1. The molecule has 0 aliphatic heterocycles. The molecule has 30 heavy (non-hydrogen) atoms. The van der Waals surface area contributed by atoms with Gasteiger partial charge in [-0.2, -0.15) is 0 Å². The number of amides is 1. The summed E-state index contributed by atoms with van der Waals surface area (Å²) in [5, 5.41) is 3.35. The van der Waals surface area contributed by atoms with Crippen LogP contribution in [-0.2, 0) is 10.0 Å². The van der Waals surface area contributed by atoms with Gasteiger partial charge in [0, 0.05) is 16.3 Å². The number of carbonyl (C=O) groups is 1. The molecule has 6 nitrogen and oxygen atoms in total. The molecule has 3 aromatic rings. The lowest BCUT2D eigenvalue weighted by molar-refractivity contribution is 0.102. The Bertz CT molecular complexity index is 1190. The molecule has 0 bridgehead atoms. The molecule has 1 amide bonds. The molecule has 0 unspecified atom stereocenters. The van der Waals surface area contributed by atoms with E-state index in [0.717, 1.165) is 5.56 Å². The molecule has 3 aromatic carbocycles. The summed E-state index contributed by atoms with van der Waals surface area (Å²) in [5.74, 6) is 0.186. The zero-order valence-electron chi connectivity index (χ0n) is 16.7. The molecular weight excluding hydrogens is 424 g/mol. The van der Waals surface area contributed by atoms with Gasteiger partial charge >= 0.3 is 0 Å². The highest BCUT2D eigenvalue weighted by Gasteiger charge is 2.17. The maximum atomic E-state index is 12.7. The van der Waals surface area contributed by atoms with Crippen molar-refractivity contribution >= 4 is 38.9 Å². The molecule has 0 atom stereocenters. The summed E-state index contributed by atoms with van der Waals surface area (Å²) in [6.45, 7) is 3.57. The fraction of sp³-hybridized carbons (Fsp3) is 0.136. The van der Waals surface area contributed by atoms with Crippen LogP contribution in [0.15, 0.2) is 65.6 Å². The second-order valence-corrected chi connectivity index (χ2v) is 8.77. The second-order valence-electron chi connectivity index (χ2n) is 6.68. The van der Waals surface area contributed by atoms with Crippen LogP contribution in [-0.4, -0.2) is 21.4 Å². The van der Waals surface area contributed by atoms with Crippen LogP contribution in [0.5, 0.6) is 5.75 Å². The molecule has 0 radical (unpaired) electrons. The average Bonchev–Trinajstić information content (AvgIpc) is 2.73. The average molecular weight is 445 g/mol. The number of ether oxygens (including phenoxy) is 1. The van der Waals surface area contributed by atoms with Crippen molar-refractivity contribution in [2.24, 2.45) is 0 Å². The Kier molecular flexibility index (Phi) is 6.34. The number of rotatable bonds is 6. The third-order valence-corrected chi connectivity index (χ3v) is 6.42. The molecule has 0 aromatic heterocycles. The Hall–Kier alpha value is -3.03. The molecule has 0 aliphatic rings. The van der Waals surface area contributed by atoms with Crippen molar-refractivity contribution < 1.29 is 17.9 Å². The van der Waals surface area contributed by atoms with E-state index in [1.165, 1.54) is 25.3 Å². The number of hydrogen-bond donors (Lipinski definition) is 2. The van der Waals surface area contributed by atoms with Gasteiger partial charge in [0.2, 0.25) is 0 Å². The van der Waals surface area contributed by atoms with Gasteiger partial charge in [-0.15, -0.1) is 0 Å². The SMILES string of the molecule is COc1ccc(S(=O)(=O)Nc2cc(C(=O)Nc3cccc(Cl)c3C)ccc2C)cc1. The van der Waals surface area contributed by atoms with E-state index in [1.807, 2.05) is 6.92 Å². The minimum absolute atomic E-state index is 0.0899. The molecule has 2 N–H and O–H groups in total. The summed E-state index contributed by atoms with van der Waals surface area (Å²) in [4.78, 5) is 12.8. The standard InChI is InChI=1S/C22H21ClN2O4S/c1-14-7-8-16(22(26)24-20-6-4-5-19(23)15(20)2)13-21(14)25-30(27,28)18-11-9-17(29-3)10-12-18/h4-13,25H,1-3H3,(H,24,26). The van der Waals surface area contributed by atoms with Crippen molar-refractivity contribution in [1.82, 2.24) is 0 Å². The van der Waals surface area contributed by atoms with Crippen molar-refractivity contribution in [3.05, 3.63) is 82.4 Å². The maximum Gasteiger partial charge on any atom is 0.261 e. The molecular formula is C22H21ClN2O4S. The Labute approximate surface area is 180 Å².